The van der Waals surface area contributed by atoms with Gasteiger partial charge in [0.2, 0.25) is 0 Å². The lowest BCUT2D eigenvalue weighted by Crippen LogP contribution is -2.56. The maximum absolute atomic E-state index is 15.4. The lowest BCUT2D eigenvalue weighted by Gasteiger charge is -2.48. The van der Waals surface area contributed by atoms with Crippen LogP contribution in [-0.2, 0) is 0 Å². The van der Waals surface area contributed by atoms with Gasteiger partial charge in [0.1, 0.15) is 5.67 Å². The lowest BCUT2D eigenvalue weighted by atomic mass is 9.76. The second-order valence-electron chi connectivity index (χ2n) is 7.64. The molecule has 0 radical (unpaired) electrons. The quantitative estimate of drug-likeness (QED) is 0.702. The van der Waals surface area contributed by atoms with Gasteiger partial charge in [-0.25, -0.2) is 4.39 Å². The second-order valence-corrected chi connectivity index (χ2v) is 7.64. The third-order valence-electron chi connectivity index (χ3n) is 5.83. The van der Waals surface area contributed by atoms with E-state index in [0.29, 0.717) is 24.9 Å². The molecule has 0 saturated carbocycles. The molecule has 0 amide bonds. The molecule has 0 bridgehead atoms. The van der Waals surface area contributed by atoms with Crippen LogP contribution in [0.15, 0.2) is 0 Å². The molecular weight excluding hydrogens is 287 g/mol. The van der Waals surface area contributed by atoms with E-state index < -0.39 is 5.67 Å². The molecule has 0 aromatic carbocycles. The monoisotopic (exact) mass is 328 g/mol. The van der Waals surface area contributed by atoms with Gasteiger partial charge in [0.15, 0.2) is 0 Å². The van der Waals surface area contributed by atoms with Gasteiger partial charge in [-0.15, -0.1) is 0 Å². The molecule has 2 rings (SSSR count). The molecule has 2 heterocycles. The van der Waals surface area contributed by atoms with Gasteiger partial charge < -0.3 is 4.90 Å². The average molecular weight is 329 g/mol. The number of alkyl halides is 1. The highest BCUT2D eigenvalue weighted by Gasteiger charge is 2.44. The number of piperidine rings is 2. The predicted octanol–water partition coefficient (Wildman–Crippen LogP) is 4.98. The summed E-state index contributed by atoms with van der Waals surface area (Å²) >= 11 is 0. The van der Waals surface area contributed by atoms with Crippen LogP contribution < -0.4 is 0 Å². The van der Waals surface area contributed by atoms with Crippen molar-refractivity contribution in [1.29, 1.82) is 0 Å². The summed E-state index contributed by atoms with van der Waals surface area (Å²) in [5.74, 6) is 0.880. The Morgan fingerprint density at radius 2 is 1.65 bits per heavy atom. The molecule has 0 aromatic heterocycles. The van der Waals surface area contributed by atoms with Gasteiger partial charge in [-0.3, -0.25) is 4.90 Å². The summed E-state index contributed by atoms with van der Waals surface area (Å²) < 4.78 is 15.4. The predicted molar refractivity (Wildman–Crippen MR) is 99.7 cm³/mol. The summed E-state index contributed by atoms with van der Waals surface area (Å²) in [6.45, 7) is 18.1. The normalized spacial score (nSPS) is 31.0. The number of halogens is 1. The van der Waals surface area contributed by atoms with E-state index in [1.54, 1.807) is 0 Å². The van der Waals surface area contributed by atoms with Gasteiger partial charge in [0.05, 0.1) is 0 Å². The zero-order chi connectivity index (χ0) is 17.5. The first-order valence-electron chi connectivity index (χ1n) is 10.1. The van der Waals surface area contributed by atoms with E-state index in [9.17, 15) is 0 Å². The molecule has 2 saturated heterocycles. The molecule has 0 N–H and O–H groups in total. The molecule has 2 unspecified atom stereocenters. The summed E-state index contributed by atoms with van der Waals surface area (Å²) in [6, 6.07) is 0.620. The molecule has 3 heteroatoms. The fourth-order valence-electron chi connectivity index (χ4n) is 4.34. The van der Waals surface area contributed by atoms with E-state index in [1.165, 1.54) is 25.9 Å². The molecule has 0 aliphatic carbocycles. The maximum atomic E-state index is 15.4. The lowest BCUT2D eigenvalue weighted by molar-refractivity contribution is -0.0445. The highest BCUT2D eigenvalue weighted by atomic mass is 19.1. The molecule has 2 atom stereocenters. The van der Waals surface area contributed by atoms with Crippen LogP contribution in [0.2, 0.25) is 0 Å². The Morgan fingerprint density at radius 3 is 2.13 bits per heavy atom. The van der Waals surface area contributed by atoms with Crippen molar-refractivity contribution in [2.75, 3.05) is 32.7 Å². The van der Waals surface area contributed by atoms with Crippen molar-refractivity contribution in [3.05, 3.63) is 0 Å². The largest absolute Gasteiger partial charge is 0.303 e. The molecular formula is C20H41FN2. The third-order valence-corrected chi connectivity index (χ3v) is 5.83. The number of hydrogen-bond donors (Lipinski definition) is 0. The Kier molecular flexibility index (Phi) is 9.07. The maximum Gasteiger partial charge on any atom is 0.126 e. The van der Waals surface area contributed by atoms with Gasteiger partial charge in [0.25, 0.3) is 0 Å². The van der Waals surface area contributed by atoms with Crippen LogP contribution >= 0.6 is 0 Å². The van der Waals surface area contributed by atoms with E-state index in [0.717, 1.165) is 25.9 Å². The minimum atomic E-state index is -0.954. The van der Waals surface area contributed by atoms with E-state index in [1.807, 2.05) is 20.8 Å². The molecule has 138 valence electrons. The topological polar surface area (TPSA) is 6.48 Å². The van der Waals surface area contributed by atoms with Crippen LogP contribution in [0, 0.1) is 11.8 Å². The number of rotatable bonds is 5. The van der Waals surface area contributed by atoms with E-state index >= 15 is 4.39 Å². The number of hydrogen-bond acceptors (Lipinski definition) is 2. The minimum absolute atomic E-state index is 0.273. The van der Waals surface area contributed by atoms with Crippen LogP contribution in [0.5, 0.6) is 0 Å². The molecule has 2 aliphatic heterocycles. The fraction of sp³-hybridized carbons (Fsp3) is 1.00. The van der Waals surface area contributed by atoms with Gasteiger partial charge in [0, 0.05) is 12.6 Å². The SMILES string of the molecule is CC.CCN1CCC(N2CCC(CC(C)C)C(F)(CC)C2)CC1. The van der Waals surface area contributed by atoms with Crippen LogP contribution in [0.25, 0.3) is 0 Å². The molecule has 2 fully saturated rings. The zero-order valence-electron chi connectivity index (χ0n) is 16.6. The Bertz CT molecular complexity index is 313. The Balaban J connectivity index is 0.00000127. The van der Waals surface area contributed by atoms with Crippen LogP contribution in [0.3, 0.4) is 0 Å². The van der Waals surface area contributed by atoms with Crippen molar-refractivity contribution in [1.82, 2.24) is 9.80 Å². The van der Waals surface area contributed by atoms with Crippen molar-refractivity contribution < 1.29 is 4.39 Å². The third kappa shape index (κ3) is 5.70. The van der Waals surface area contributed by atoms with Gasteiger partial charge in [-0.2, -0.15) is 0 Å². The standard InChI is InChI=1S/C18H35FN2.C2H6/c1-5-18(19)14-21(12-7-16(18)13-15(3)4)17-8-10-20(6-2)11-9-17;1-2/h15-17H,5-14H2,1-4H3;1-2H3. The highest BCUT2D eigenvalue weighted by Crippen LogP contribution is 2.39. The van der Waals surface area contributed by atoms with Crippen LogP contribution in [0.1, 0.15) is 73.6 Å². The summed E-state index contributed by atoms with van der Waals surface area (Å²) in [6.07, 6.45) is 5.22. The molecule has 2 nitrogen and oxygen atoms in total. The first kappa shape index (κ1) is 20.9. The molecule has 0 aromatic rings. The number of likely N-dealkylation sites (tertiary alicyclic amines) is 2. The van der Waals surface area contributed by atoms with E-state index in [2.05, 4.69) is 30.6 Å². The second kappa shape index (κ2) is 9.98. The molecule has 0 spiro atoms. The van der Waals surface area contributed by atoms with Crippen molar-refractivity contribution in [3.63, 3.8) is 0 Å². The molecule has 2 aliphatic rings. The van der Waals surface area contributed by atoms with E-state index in [4.69, 9.17) is 0 Å². The minimum Gasteiger partial charge on any atom is -0.303 e. The van der Waals surface area contributed by atoms with Crippen LogP contribution in [0.4, 0.5) is 4.39 Å². The van der Waals surface area contributed by atoms with Gasteiger partial charge in [-0.05, 0) is 70.1 Å². The average Bonchev–Trinajstić information content (AvgIpc) is 2.58. The summed E-state index contributed by atoms with van der Waals surface area (Å²) in [5, 5.41) is 0. The first-order valence-corrected chi connectivity index (χ1v) is 10.1. The molecule has 23 heavy (non-hydrogen) atoms. The van der Waals surface area contributed by atoms with Crippen LogP contribution in [-0.4, -0.2) is 54.2 Å². The smallest absolute Gasteiger partial charge is 0.126 e. The zero-order valence-corrected chi connectivity index (χ0v) is 16.6. The Morgan fingerprint density at radius 1 is 1.04 bits per heavy atom. The fourth-order valence-corrected chi connectivity index (χ4v) is 4.34. The summed E-state index contributed by atoms with van der Waals surface area (Å²) in [4.78, 5) is 5.00. The number of nitrogens with zero attached hydrogens (tertiary/aromatic N) is 2. The highest BCUT2D eigenvalue weighted by molar-refractivity contribution is 4.96. The summed E-state index contributed by atoms with van der Waals surface area (Å²) in [7, 11) is 0. The van der Waals surface area contributed by atoms with Crippen molar-refractivity contribution >= 4 is 0 Å². The first-order chi connectivity index (χ1) is 11.0. The van der Waals surface area contributed by atoms with Crippen molar-refractivity contribution in [2.24, 2.45) is 11.8 Å². The summed E-state index contributed by atoms with van der Waals surface area (Å²) in [5.41, 5.74) is -0.954. The Hall–Kier alpha value is -0.150. The Labute approximate surface area is 144 Å². The van der Waals surface area contributed by atoms with E-state index in [-0.39, 0.29) is 5.92 Å². The van der Waals surface area contributed by atoms with Crippen molar-refractivity contribution in [2.45, 2.75) is 85.4 Å². The van der Waals surface area contributed by atoms with Gasteiger partial charge >= 0.3 is 0 Å². The van der Waals surface area contributed by atoms with Crippen molar-refractivity contribution in [3.8, 4) is 0 Å². The van der Waals surface area contributed by atoms with Gasteiger partial charge in [-0.1, -0.05) is 41.5 Å².